The first-order valence-corrected chi connectivity index (χ1v) is 8.50. The molecule has 0 saturated heterocycles. The van der Waals surface area contributed by atoms with Crippen LogP contribution in [0.1, 0.15) is 11.1 Å². The molecule has 1 atom stereocenters. The molecule has 1 aliphatic rings. The number of hydrogen-bond acceptors (Lipinski definition) is 5. The highest BCUT2D eigenvalue weighted by Gasteiger charge is 2.32. The van der Waals surface area contributed by atoms with E-state index in [4.69, 9.17) is 4.74 Å². The number of benzene rings is 2. The zero-order valence-electron chi connectivity index (χ0n) is 14.5. The Morgan fingerprint density at radius 1 is 1.15 bits per heavy atom. The Labute approximate surface area is 150 Å². The average molecular weight is 349 g/mol. The standard InChI is InChI=1S/C20H19N3O3/c1-26-20(25)18-10-14-6-2-3-7-15(14)11-22(18)13-23-12-21-17-9-5-4-8-16(17)19(23)24/h2-9,12,18H,10-11,13H2,1H3/t18-/m0/s1. The number of fused-ring (bicyclic) bond motifs is 2. The number of methoxy groups -OCH3 is 1. The molecule has 0 radical (unpaired) electrons. The molecule has 6 heteroatoms. The maximum atomic E-state index is 12.8. The van der Waals surface area contributed by atoms with Gasteiger partial charge in [-0.25, -0.2) is 4.98 Å². The van der Waals surface area contributed by atoms with E-state index in [1.54, 1.807) is 17.0 Å². The molecule has 0 N–H and O–H groups in total. The Morgan fingerprint density at radius 2 is 1.88 bits per heavy atom. The predicted octanol–water partition coefficient (Wildman–Crippen LogP) is 1.95. The lowest BCUT2D eigenvalue weighted by molar-refractivity contribution is -0.148. The zero-order chi connectivity index (χ0) is 18.1. The van der Waals surface area contributed by atoms with E-state index in [1.165, 1.54) is 7.11 Å². The molecule has 2 aromatic carbocycles. The van der Waals surface area contributed by atoms with Crippen molar-refractivity contribution in [2.75, 3.05) is 7.11 Å². The highest BCUT2D eigenvalue weighted by atomic mass is 16.5. The summed E-state index contributed by atoms with van der Waals surface area (Å²) in [6, 6.07) is 14.9. The molecule has 0 fully saturated rings. The van der Waals surface area contributed by atoms with Crippen molar-refractivity contribution in [3.05, 3.63) is 76.3 Å². The van der Waals surface area contributed by atoms with Crippen molar-refractivity contribution in [1.82, 2.24) is 14.5 Å². The van der Waals surface area contributed by atoms with Crippen molar-refractivity contribution in [2.45, 2.75) is 25.7 Å². The fourth-order valence-corrected chi connectivity index (χ4v) is 3.50. The predicted molar refractivity (Wildman–Crippen MR) is 97.5 cm³/mol. The topological polar surface area (TPSA) is 64.4 Å². The van der Waals surface area contributed by atoms with Gasteiger partial charge in [0.05, 0.1) is 31.0 Å². The van der Waals surface area contributed by atoms with Crippen LogP contribution in [0.3, 0.4) is 0 Å². The van der Waals surface area contributed by atoms with E-state index in [9.17, 15) is 9.59 Å². The van der Waals surface area contributed by atoms with Crippen molar-refractivity contribution in [2.24, 2.45) is 0 Å². The lowest BCUT2D eigenvalue weighted by atomic mass is 9.94. The Hall–Kier alpha value is -2.99. The summed E-state index contributed by atoms with van der Waals surface area (Å²) in [6.07, 6.45) is 2.11. The molecule has 0 bridgehead atoms. The van der Waals surface area contributed by atoms with Gasteiger partial charge in [0.1, 0.15) is 6.04 Å². The monoisotopic (exact) mass is 349 g/mol. The Balaban J connectivity index is 1.70. The highest BCUT2D eigenvalue weighted by Crippen LogP contribution is 2.24. The van der Waals surface area contributed by atoms with Crippen LogP contribution in [0, 0.1) is 0 Å². The molecule has 3 aromatic rings. The van der Waals surface area contributed by atoms with Gasteiger partial charge in [0.15, 0.2) is 0 Å². The van der Waals surface area contributed by atoms with Gasteiger partial charge in [-0.1, -0.05) is 36.4 Å². The number of hydrogen-bond donors (Lipinski definition) is 0. The Morgan fingerprint density at radius 3 is 2.69 bits per heavy atom. The van der Waals surface area contributed by atoms with Crippen molar-refractivity contribution in [3.63, 3.8) is 0 Å². The number of nitrogens with zero attached hydrogens (tertiary/aromatic N) is 3. The molecular weight excluding hydrogens is 330 g/mol. The molecule has 1 aliphatic heterocycles. The third-order valence-electron chi connectivity index (χ3n) is 4.88. The van der Waals surface area contributed by atoms with E-state index in [1.807, 2.05) is 41.3 Å². The van der Waals surface area contributed by atoms with E-state index in [-0.39, 0.29) is 18.2 Å². The fraction of sp³-hybridized carbons (Fsp3) is 0.250. The smallest absolute Gasteiger partial charge is 0.323 e. The molecule has 6 nitrogen and oxygen atoms in total. The first kappa shape index (κ1) is 16.5. The molecular formula is C20H19N3O3. The number of para-hydroxylation sites is 1. The summed E-state index contributed by atoms with van der Waals surface area (Å²) in [7, 11) is 1.39. The second-order valence-corrected chi connectivity index (χ2v) is 6.44. The third-order valence-corrected chi connectivity index (χ3v) is 4.88. The fourth-order valence-electron chi connectivity index (χ4n) is 3.50. The molecule has 2 heterocycles. The zero-order valence-corrected chi connectivity index (χ0v) is 14.5. The minimum atomic E-state index is -0.423. The maximum Gasteiger partial charge on any atom is 0.323 e. The molecule has 0 spiro atoms. The molecule has 0 amide bonds. The summed E-state index contributed by atoms with van der Waals surface area (Å²) in [5.74, 6) is -0.290. The van der Waals surface area contributed by atoms with Crippen molar-refractivity contribution in [3.8, 4) is 0 Å². The molecule has 0 saturated carbocycles. The van der Waals surface area contributed by atoms with Crippen LogP contribution in [-0.4, -0.2) is 33.6 Å². The van der Waals surface area contributed by atoms with Gasteiger partial charge < -0.3 is 4.74 Å². The van der Waals surface area contributed by atoms with Crippen LogP contribution in [-0.2, 0) is 29.2 Å². The quantitative estimate of drug-likeness (QED) is 0.676. The van der Waals surface area contributed by atoms with Gasteiger partial charge >= 0.3 is 5.97 Å². The minimum absolute atomic E-state index is 0.113. The minimum Gasteiger partial charge on any atom is -0.468 e. The van der Waals surface area contributed by atoms with Crippen molar-refractivity contribution < 1.29 is 9.53 Å². The number of ether oxygens (including phenoxy) is 1. The summed E-state index contributed by atoms with van der Waals surface area (Å²) in [4.78, 5) is 31.4. The Kier molecular flexibility index (Phi) is 4.26. The summed E-state index contributed by atoms with van der Waals surface area (Å²) < 4.78 is 6.54. The summed E-state index contributed by atoms with van der Waals surface area (Å²) in [6.45, 7) is 0.861. The Bertz CT molecular complexity index is 1030. The van der Waals surface area contributed by atoms with Gasteiger partial charge in [0.2, 0.25) is 0 Å². The number of esters is 1. The van der Waals surface area contributed by atoms with E-state index >= 15 is 0 Å². The van der Waals surface area contributed by atoms with Gasteiger partial charge in [-0.3, -0.25) is 19.1 Å². The normalized spacial score (nSPS) is 17.0. The van der Waals surface area contributed by atoms with E-state index in [2.05, 4.69) is 11.1 Å². The first-order chi connectivity index (χ1) is 12.7. The number of rotatable bonds is 3. The lowest BCUT2D eigenvalue weighted by Crippen LogP contribution is -2.47. The van der Waals surface area contributed by atoms with Crippen LogP contribution in [0.15, 0.2) is 59.7 Å². The molecule has 132 valence electrons. The van der Waals surface area contributed by atoms with E-state index < -0.39 is 6.04 Å². The van der Waals surface area contributed by atoms with Crippen molar-refractivity contribution >= 4 is 16.9 Å². The second-order valence-electron chi connectivity index (χ2n) is 6.44. The van der Waals surface area contributed by atoms with E-state index in [0.29, 0.717) is 23.9 Å². The van der Waals surface area contributed by atoms with Crippen LogP contribution < -0.4 is 5.56 Å². The van der Waals surface area contributed by atoms with Gasteiger partial charge in [0.25, 0.3) is 5.56 Å². The SMILES string of the molecule is COC(=O)[C@@H]1Cc2ccccc2CN1Cn1cnc2ccccc2c1=O. The number of carbonyl (C=O) groups excluding carboxylic acids is 1. The van der Waals surface area contributed by atoms with E-state index in [0.717, 1.165) is 11.1 Å². The highest BCUT2D eigenvalue weighted by molar-refractivity contribution is 5.77. The van der Waals surface area contributed by atoms with Crippen LogP contribution >= 0.6 is 0 Å². The molecule has 0 unspecified atom stereocenters. The third kappa shape index (κ3) is 2.88. The molecule has 26 heavy (non-hydrogen) atoms. The average Bonchev–Trinajstić information content (AvgIpc) is 2.69. The van der Waals surface area contributed by atoms with Crippen LogP contribution in [0.25, 0.3) is 10.9 Å². The largest absolute Gasteiger partial charge is 0.468 e. The van der Waals surface area contributed by atoms with Gasteiger partial charge in [-0.2, -0.15) is 0 Å². The summed E-state index contributed by atoms with van der Waals surface area (Å²) in [5.41, 5.74) is 2.86. The molecule has 4 rings (SSSR count). The number of aromatic nitrogens is 2. The summed E-state index contributed by atoms with van der Waals surface area (Å²) >= 11 is 0. The first-order valence-electron chi connectivity index (χ1n) is 8.50. The summed E-state index contributed by atoms with van der Waals surface area (Å²) in [5, 5.41) is 0.571. The second kappa shape index (κ2) is 6.72. The van der Waals surface area contributed by atoms with Gasteiger partial charge in [-0.05, 0) is 29.7 Å². The molecule has 0 aliphatic carbocycles. The van der Waals surface area contributed by atoms with Crippen LogP contribution in [0.4, 0.5) is 0 Å². The van der Waals surface area contributed by atoms with Gasteiger partial charge in [-0.15, -0.1) is 0 Å². The van der Waals surface area contributed by atoms with Crippen LogP contribution in [0.2, 0.25) is 0 Å². The van der Waals surface area contributed by atoms with Crippen molar-refractivity contribution in [1.29, 1.82) is 0 Å². The maximum absolute atomic E-state index is 12.8. The molecule has 1 aromatic heterocycles. The number of carbonyl (C=O) groups is 1. The lowest BCUT2D eigenvalue weighted by Gasteiger charge is -2.35. The van der Waals surface area contributed by atoms with Gasteiger partial charge in [0, 0.05) is 6.54 Å². The van der Waals surface area contributed by atoms with Crippen LogP contribution in [0.5, 0.6) is 0 Å².